The van der Waals surface area contributed by atoms with Gasteiger partial charge in [-0.15, -0.1) is 0 Å². The van der Waals surface area contributed by atoms with Crippen LogP contribution in [0.1, 0.15) is 58.7 Å². The largest absolute Gasteiger partial charge is 0.461 e. The highest BCUT2D eigenvalue weighted by atomic mass is 16.5. The first-order valence-electron chi connectivity index (χ1n) is 7.75. The van der Waals surface area contributed by atoms with Crippen molar-refractivity contribution in [3.63, 3.8) is 0 Å². The van der Waals surface area contributed by atoms with E-state index in [2.05, 4.69) is 11.9 Å². The van der Waals surface area contributed by atoms with Gasteiger partial charge in [-0.1, -0.05) is 37.6 Å². The number of rotatable bonds is 5. The van der Waals surface area contributed by atoms with Crippen LogP contribution in [0.5, 0.6) is 0 Å². The fraction of sp³-hybridized carbons (Fsp3) is 0.333. The summed E-state index contributed by atoms with van der Waals surface area (Å²) in [6, 6.07) is 7.51. The van der Waals surface area contributed by atoms with Crippen molar-refractivity contribution in [2.45, 2.75) is 33.1 Å². The van der Waals surface area contributed by atoms with Crippen molar-refractivity contribution in [2.24, 2.45) is 0 Å². The number of benzene rings is 1. The van der Waals surface area contributed by atoms with Crippen molar-refractivity contribution in [3.8, 4) is 11.3 Å². The zero-order valence-electron chi connectivity index (χ0n) is 12.9. The quantitative estimate of drug-likeness (QED) is 0.730. The van der Waals surface area contributed by atoms with Crippen LogP contribution >= 0.6 is 0 Å². The summed E-state index contributed by atoms with van der Waals surface area (Å²) < 4.78 is 5.13. The van der Waals surface area contributed by atoms with E-state index in [4.69, 9.17) is 4.74 Å². The number of aromatic amines is 1. The molecule has 4 nitrogen and oxygen atoms in total. The predicted molar refractivity (Wildman–Crippen MR) is 84.2 cm³/mol. The Labute approximate surface area is 129 Å². The Morgan fingerprint density at radius 2 is 1.91 bits per heavy atom. The fourth-order valence-electron chi connectivity index (χ4n) is 3.01. The zero-order chi connectivity index (χ0) is 15.7. The van der Waals surface area contributed by atoms with Gasteiger partial charge in [-0.05, 0) is 25.3 Å². The Hall–Kier alpha value is -2.36. The molecule has 0 amide bonds. The molecule has 1 aromatic carbocycles. The molecule has 0 saturated carbocycles. The van der Waals surface area contributed by atoms with E-state index >= 15 is 0 Å². The van der Waals surface area contributed by atoms with E-state index in [-0.39, 0.29) is 11.8 Å². The van der Waals surface area contributed by atoms with Crippen molar-refractivity contribution in [3.05, 3.63) is 46.6 Å². The van der Waals surface area contributed by atoms with Gasteiger partial charge in [0.2, 0.25) is 0 Å². The molecule has 114 valence electrons. The minimum absolute atomic E-state index is 0.00324. The standard InChI is InChI=1S/C18H19NO3/c1-3-5-8-13-14-15(19-16(13)18(21)22-4-2)11-9-6-7-10-12(11)17(14)20/h6-7,9-10,19H,3-5,8H2,1-2H3. The van der Waals surface area contributed by atoms with Gasteiger partial charge >= 0.3 is 5.97 Å². The maximum atomic E-state index is 12.7. The monoisotopic (exact) mass is 297 g/mol. The lowest BCUT2D eigenvalue weighted by Gasteiger charge is -2.06. The number of carbonyl (C=O) groups excluding carboxylic acids is 2. The zero-order valence-corrected chi connectivity index (χ0v) is 12.9. The molecule has 1 aliphatic carbocycles. The molecule has 0 spiro atoms. The van der Waals surface area contributed by atoms with Gasteiger partial charge in [0.15, 0.2) is 5.78 Å². The van der Waals surface area contributed by atoms with Gasteiger partial charge in [0, 0.05) is 11.1 Å². The second-order valence-corrected chi connectivity index (χ2v) is 5.43. The second-order valence-electron chi connectivity index (χ2n) is 5.43. The van der Waals surface area contributed by atoms with Crippen molar-refractivity contribution in [2.75, 3.05) is 6.61 Å². The van der Waals surface area contributed by atoms with E-state index in [0.717, 1.165) is 29.7 Å². The number of ketones is 1. The maximum Gasteiger partial charge on any atom is 0.355 e. The lowest BCUT2D eigenvalue weighted by Crippen LogP contribution is -2.10. The van der Waals surface area contributed by atoms with Gasteiger partial charge < -0.3 is 9.72 Å². The number of fused-ring (bicyclic) bond motifs is 3. The molecule has 1 aliphatic rings. The van der Waals surface area contributed by atoms with Crippen LogP contribution in [0.25, 0.3) is 11.3 Å². The average Bonchev–Trinajstić information content (AvgIpc) is 3.03. The highest BCUT2D eigenvalue weighted by molar-refractivity contribution is 6.23. The van der Waals surface area contributed by atoms with Gasteiger partial charge in [0.1, 0.15) is 5.69 Å². The molecule has 4 heteroatoms. The van der Waals surface area contributed by atoms with Crippen molar-refractivity contribution in [1.29, 1.82) is 0 Å². The third-order valence-electron chi connectivity index (χ3n) is 4.03. The van der Waals surface area contributed by atoms with Crippen LogP contribution < -0.4 is 0 Å². The molecule has 0 saturated heterocycles. The molecule has 2 aromatic rings. The van der Waals surface area contributed by atoms with E-state index in [0.29, 0.717) is 29.8 Å². The van der Waals surface area contributed by atoms with E-state index in [1.807, 2.05) is 24.3 Å². The number of ether oxygens (including phenoxy) is 1. The summed E-state index contributed by atoms with van der Waals surface area (Å²) in [4.78, 5) is 28.0. The number of esters is 1. The Morgan fingerprint density at radius 3 is 2.59 bits per heavy atom. The summed E-state index contributed by atoms with van der Waals surface area (Å²) >= 11 is 0. The summed E-state index contributed by atoms with van der Waals surface area (Å²) in [5.74, 6) is -0.378. The van der Waals surface area contributed by atoms with Gasteiger partial charge in [-0.2, -0.15) is 0 Å². The third-order valence-corrected chi connectivity index (χ3v) is 4.03. The van der Waals surface area contributed by atoms with E-state index < -0.39 is 0 Å². The van der Waals surface area contributed by atoms with Gasteiger partial charge in [-0.25, -0.2) is 4.79 Å². The summed E-state index contributed by atoms with van der Waals surface area (Å²) in [7, 11) is 0. The Balaban J connectivity index is 2.14. The topological polar surface area (TPSA) is 59.2 Å². The number of unbranched alkanes of at least 4 members (excludes halogenated alkanes) is 1. The van der Waals surface area contributed by atoms with Gasteiger partial charge in [0.05, 0.1) is 17.9 Å². The Morgan fingerprint density at radius 1 is 1.18 bits per heavy atom. The van der Waals surface area contributed by atoms with Crippen LogP contribution in [0.3, 0.4) is 0 Å². The Kier molecular flexibility index (Phi) is 3.84. The molecular weight excluding hydrogens is 278 g/mol. The summed E-state index contributed by atoms with van der Waals surface area (Å²) in [6.07, 6.45) is 2.64. The SMILES string of the molecule is CCCCc1c(C(=O)OCC)[nH]c2c1C(=O)c1ccccc1-2. The molecule has 22 heavy (non-hydrogen) atoms. The molecule has 1 aromatic heterocycles. The van der Waals surface area contributed by atoms with Gasteiger partial charge in [-0.3, -0.25) is 4.79 Å². The minimum atomic E-state index is -0.381. The maximum absolute atomic E-state index is 12.7. The normalized spacial score (nSPS) is 12.2. The van der Waals surface area contributed by atoms with Gasteiger partial charge in [0.25, 0.3) is 0 Å². The first kappa shape index (κ1) is 14.6. The van der Waals surface area contributed by atoms with Crippen molar-refractivity contribution >= 4 is 11.8 Å². The molecule has 0 radical (unpaired) electrons. The fourth-order valence-corrected chi connectivity index (χ4v) is 3.01. The smallest absolute Gasteiger partial charge is 0.355 e. The number of nitrogens with one attached hydrogen (secondary N) is 1. The van der Waals surface area contributed by atoms with E-state index in [9.17, 15) is 9.59 Å². The van der Waals surface area contributed by atoms with Crippen LogP contribution in [-0.4, -0.2) is 23.3 Å². The second kappa shape index (κ2) is 5.79. The third kappa shape index (κ3) is 2.15. The highest BCUT2D eigenvalue weighted by Crippen LogP contribution is 2.39. The van der Waals surface area contributed by atoms with Crippen LogP contribution in [-0.2, 0) is 11.2 Å². The minimum Gasteiger partial charge on any atom is -0.461 e. The molecule has 0 unspecified atom stereocenters. The molecule has 3 rings (SSSR count). The molecule has 0 bridgehead atoms. The van der Waals surface area contributed by atoms with E-state index in [1.165, 1.54) is 0 Å². The Bertz CT molecular complexity index is 743. The molecule has 0 atom stereocenters. The molecule has 0 fully saturated rings. The van der Waals surface area contributed by atoms with E-state index in [1.54, 1.807) is 6.92 Å². The van der Waals surface area contributed by atoms with Crippen LogP contribution in [0.2, 0.25) is 0 Å². The van der Waals surface area contributed by atoms with Crippen LogP contribution in [0.4, 0.5) is 0 Å². The first-order valence-corrected chi connectivity index (χ1v) is 7.75. The molecular formula is C18H19NO3. The summed E-state index contributed by atoms with van der Waals surface area (Å²) in [6.45, 7) is 4.19. The predicted octanol–water partition coefficient (Wildman–Crippen LogP) is 3.75. The first-order chi connectivity index (χ1) is 10.7. The molecule has 1 heterocycles. The number of hydrogen-bond donors (Lipinski definition) is 1. The molecule has 1 N–H and O–H groups in total. The number of carbonyl (C=O) groups is 2. The number of hydrogen-bond acceptors (Lipinski definition) is 3. The highest BCUT2D eigenvalue weighted by Gasteiger charge is 2.34. The number of H-pyrrole nitrogens is 1. The van der Waals surface area contributed by atoms with Crippen LogP contribution in [0, 0.1) is 0 Å². The average molecular weight is 297 g/mol. The number of aromatic nitrogens is 1. The summed E-state index contributed by atoms with van der Waals surface area (Å²) in [5, 5.41) is 0. The van der Waals surface area contributed by atoms with Crippen LogP contribution in [0.15, 0.2) is 24.3 Å². The van der Waals surface area contributed by atoms with Crippen molar-refractivity contribution < 1.29 is 14.3 Å². The molecule has 0 aliphatic heterocycles. The lowest BCUT2D eigenvalue weighted by atomic mass is 10.0. The van der Waals surface area contributed by atoms with Crippen molar-refractivity contribution in [1.82, 2.24) is 4.98 Å². The lowest BCUT2D eigenvalue weighted by molar-refractivity contribution is 0.0519. The summed E-state index contributed by atoms with van der Waals surface area (Å²) in [5.41, 5.74) is 4.22.